The van der Waals surface area contributed by atoms with Gasteiger partial charge in [0.05, 0.1) is 11.6 Å². The van der Waals surface area contributed by atoms with Crippen LogP contribution in [-0.4, -0.2) is 24.7 Å². The molecule has 0 aromatic carbocycles. The zero-order valence-corrected chi connectivity index (χ0v) is 8.31. The molecule has 2 heterocycles. The first-order valence-electron chi connectivity index (χ1n) is 4.05. The third-order valence-electron chi connectivity index (χ3n) is 1.66. The number of halogens is 1. The van der Waals surface area contributed by atoms with Crippen LogP contribution in [0.3, 0.4) is 0 Å². The molecule has 0 aliphatic heterocycles. The van der Waals surface area contributed by atoms with Gasteiger partial charge in [0.2, 0.25) is 0 Å². The first-order chi connectivity index (χ1) is 6.79. The monoisotopic (exact) mass is 209 g/mol. The fourth-order valence-electron chi connectivity index (χ4n) is 1.10. The average Bonchev–Trinajstić information content (AvgIpc) is 2.69. The van der Waals surface area contributed by atoms with E-state index in [0.29, 0.717) is 11.8 Å². The predicted octanol–water partition coefficient (Wildman–Crippen LogP) is 1.10. The fraction of sp³-hybridized carbons (Fsp3) is 0.250. The maximum Gasteiger partial charge on any atom is 0.252 e. The van der Waals surface area contributed by atoms with Gasteiger partial charge in [0.25, 0.3) is 5.95 Å². The zero-order valence-electron chi connectivity index (χ0n) is 7.55. The highest BCUT2D eigenvalue weighted by molar-refractivity contribution is 6.16. The third kappa shape index (κ3) is 1.72. The Kier molecular flexibility index (Phi) is 2.41. The van der Waals surface area contributed by atoms with Crippen LogP contribution in [0.4, 0.5) is 0 Å². The van der Waals surface area contributed by atoms with Gasteiger partial charge in [-0.15, -0.1) is 11.6 Å². The molecule has 0 amide bonds. The summed E-state index contributed by atoms with van der Waals surface area (Å²) in [6.07, 6.45) is 2.98. The summed E-state index contributed by atoms with van der Waals surface area (Å²) in [6, 6.07) is 1.84. The molecule has 5 nitrogen and oxygen atoms in total. The molecule has 0 N–H and O–H groups in total. The summed E-state index contributed by atoms with van der Waals surface area (Å²) in [5.41, 5.74) is 1.64. The van der Waals surface area contributed by atoms with Crippen molar-refractivity contribution in [3.8, 4) is 5.95 Å². The van der Waals surface area contributed by atoms with Crippen LogP contribution in [0.15, 0.2) is 18.7 Å². The maximum absolute atomic E-state index is 5.70. The van der Waals surface area contributed by atoms with Gasteiger partial charge >= 0.3 is 0 Å². The Balaban J connectivity index is 2.48. The van der Waals surface area contributed by atoms with E-state index in [1.165, 1.54) is 11.0 Å². The molecule has 2 rings (SSSR count). The van der Waals surface area contributed by atoms with Crippen molar-refractivity contribution in [3.05, 3.63) is 30.1 Å². The second-order valence-electron chi connectivity index (χ2n) is 2.77. The number of aromatic nitrogens is 5. The molecule has 0 saturated heterocycles. The third-order valence-corrected chi connectivity index (χ3v) is 1.93. The molecule has 2 aromatic rings. The lowest BCUT2D eigenvalue weighted by molar-refractivity contribution is 0.790. The van der Waals surface area contributed by atoms with E-state index in [-0.39, 0.29) is 0 Å². The van der Waals surface area contributed by atoms with Gasteiger partial charge in [-0.05, 0) is 13.0 Å². The molecular formula is C8H8ClN5. The topological polar surface area (TPSA) is 56.5 Å². The van der Waals surface area contributed by atoms with E-state index < -0.39 is 0 Å². The van der Waals surface area contributed by atoms with Gasteiger partial charge in [-0.3, -0.25) is 0 Å². The first-order valence-corrected chi connectivity index (χ1v) is 4.58. The highest BCUT2D eigenvalue weighted by Gasteiger charge is 2.03. The number of rotatable bonds is 2. The van der Waals surface area contributed by atoms with E-state index in [1.807, 2.05) is 13.0 Å². The molecule has 0 saturated carbocycles. The van der Waals surface area contributed by atoms with E-state index in [9.17, 15) is 0 Å². The Morgan fingerprint density at radius 2 is 2.29 bits per heavy atom. The SMILES string of the molecule is Cc1cc(CCl)nc(-n2cncn2)n1. The van der Waals surface area contributed by atoms with Crippen molar-refractivity contribution >= 4 is 11.6 Å². The number of aryl methyl sites for hydroxylation is 1. The van der Waals surface area contributed by atoms with Crippen LogP contribution in [0.1, 0.15) is 11.4 Å². The molecule has 0 radical (unpaired) electrons. The van der Waals surface area contributed by atoms with Crippen LogP contribution < -0.4 is 0 Å². The van der Waals surface area contributed by atoms with Crippen molar-refractivity contribution in [3.63, 3.8) is 0 Å². The lowest BCUT2D eigenvalue weighted by atomic mass is 10.3. The first kappa shape index (κ1) is 9.08. The van der Waals surface area contributed by atoms with Crippen LogP contribution in [0, 0.1) is 6.92 Å². The van der Waals surface area contributed by atoms with E-state index >= 15 is 0 Å². The fourth-order valence-corrected chi connectivity index (χ4v) is 1.24. The summed E-state index contributed by atoms with van der Waals surface area (Å²) in [5.74, 6) is 0.864. The van der Waals surface area contributed by atoms with Gasteiger partial charge in [-0.1, -0.05) is 0 Å². The van der Waals surface area contributed by atoms with Crippen molar-refractivity contribution in [2.24, 2.45) is 0 Å². The van der Waals surface area contributed by atoms with E-state index in [4.69, 9.17) is 11.6 Å². The minimum atomic E-state index is 0.366. The molecule has 6 heteroatoms. The van der Waals surface area contributed by atoms with Gasteiger partial charge in [0.15, 0.2) is 0 Å². The normalized spacial score (nSPS) is 10.4. The summed E-state index contributed by atoms with van der Waals surface area (Å²) >= 11 is 5.70. The standard InChI is InChI=1S/C8H8ClN5/c1-6-2-7(3-9)13-8(12-6)14-5-10-4-11-14/h2,4-5H,3H2,1H3. The van der Waals surface area contributed by atoms with Crippen molar-refractivity contribution in [1.82, 2.24) is 24.7 Å². The molecule has 0 unspecified atom stereocenters. The Bertz CT molecular complexity index is 425. The van der Waals surface area contributed by atoms with Crippen LogP contribution >= 0.6 is 11.6 Å². The van der Waals surface area contributed by atoms with Crippen molar-refractivity contribution in [2.45, 2.75) is 12.8 Å². The van der Waals surface area contributed by atoms with E-state index in [0.717, 1.165) is 11.4 Å². The molecule has 14 heavy (non-hydrogen) atoms. The van der Waals surface area contributed by atoms with Crippen LogP contribution in [0.25, 0.3) is 5.95 Å². The van der Waals surface area contributed by atoms with Crippen molar-refractivity contribution in [1.29, 1.82) is 0 Å². The van der Waals surface area contributed by atoms with Gasteiger partial charge < -0.3 is 0 Å². The molecule has 72 valence electrons. The number of nitrogens with zero attached hydrogens (tertiary/aromatic N) is 5. The minimum Gasteiger partial charge on any atom is -0.223 e. The molecule has 0 atom stereocenters. The van der Waals surface area contributed by atoms with Crippen molar-refractivity contribution < 1.29 is 0 Å². The maximum atomic E-state index is 5.70. The molecule has 0 aliphatic rings. The summed E-state index contributed by atoms with van der Waals surface area (Å²) in [6.45, 7) is 1.89. The quantitative estimate of drug-likeness (QED) is 0.696. The molecule has 2 aromatic heterocycles. The van der Waals surface area contributed by atoms with E-state index in [1.54, 1.807) is 6.33 Å². The largest absolute Gasteiger partial charge is 0.252 e. The Morgan fingerprint density at radius 3 is 2.93 bits per heavy atom. The smallest absolute Gasteiger partial charge is 0.223 e. The number of hydrogen-bond donors (Lipinski definition) is 0. The van der Waals surface area contributed by atoms with Crippen LogP contribution in [0.5, 0.6) is 0 Å². The summed E-state index contributed by atoms with van der Waals surface area (Å²) in [4.78, 5) is 12.2. The number of hydrogen-bond acceptors (Lipinski definition) is 4. The Morgan fingerprint density at radius 1 is 1.43 bits per heavy atom. The molecule has 0 fully saturated rings. The number of alkyl halides is 1. The van der Waals surface area contributed by atoms with Crippen LogP contribution in [0.2, 0.25) is 0 Å². The zero-order chi connectivity index (χ0) is 9.97. The second-order valence-corrected chi connectivity index (χ2v) is 3.04. The van der Waals surface area contributed by atoms with Gasteiger partial charge in [-0.2, -0.15) is 9.78 Å². The predicted molar refractivity (Wildman–Crippen MR) is 51.2 cm³/mol. The highest BCUT2D eigenvalue weighted by atomic mass is 35.5. The Labute approximate surface area is 85.8 Å². The van der Waals surface area contributed by atoms with E-state index in [2.05, 4.69) is 20.1 Å². The minimum absolute atomic E-state index is 0.366. The van der Waals surface area contributed by atoms with Crippen molar-refractivity contribution in [2.75, 3.05) is 0 Å². The Hall–Kier alpha value is -1.49. The molecule has 0 spiro atoms. The average molecular weight is 210 g/mol. The second kappa shape index (κ2) is 3.71. The highest BCUT2D eigenvalue weighted by Crippen LogP contribution is 2.05. The summed E-state index contributed by atoms with van der Waals surface area (Å²) in [5, 5.41) is 3.94. The van der Waals surface area contributed by atoms with Gasteiger partial charge in [0, 0.05) is 5.69 Å². The molecule has 0 bridgehead atoms. The molecular weight excluding hydrogens is 202 g/mol. The van der Waals surface area contributed by atoms with Gasteiger partial charge in [0.1, 0.15) is 12.7 Å². The molecule has 0 aliphatic carbocycles. The van der Waals surface area contributed by atoms with Gasteiger partial charge in [-0.25, -0.2) is 15.0 Å². The lowest BCUT2D eigenvalue weighted by Crippen LogP contribution is -2.04. The summed E-state index contributed by atoms with van der Waals surface area (Å²) < 4.78 is 1.50. The summed E-state index contributed by atoms with van der Waals surface area (Å²) in [7, 11) is 0. The van der Waals surface area contributed by atoms with Crippen LogP contribution in [-0.2, 0) is 5.88 Å². The lowest BCUT2D eigenvalue weighted by Gasteiger charge is -2.02.